The monoisotopic (exact) mass is 480 g/mol. The zero-order valence-electron chi connectivity index (χ0n) is 20.7. The van der Waals surface area contributed by atoms with E-state index < -0.39 is 0 Å². The molecule has 0 saturated carbocycles. The van der Waals surface area contributed by atoms with Crippen molar-refractivity contribution in [2.24, 2.45) is 12.0 Å². The predicted octanol–water partition coefficient (Wildman–Crippen LogP) is 3.07. The average molecular weight is 481 g/mol. The highest BCUT2D eigenvalue weighted by molar-refractivity contribution is 5.98. The molecule has 0 atom stereocenters. The molecule has 0 unspecified atom stereocenters. The van der Waals surface area contributed by atoms with Crippen LogP contribution in [0.15, 0.2) is 66.1 Å². The van der Waals surface area contributed by atoms with E-state index in [0.717, 1.165) is 12.0 Å². The minimum Gasteiger partial charge on any atom is -0.481 e. The van der Waals surface area contributed by atoms with Crippen LogP contribution in [0.2, 0.25) is 0 Å². The van der Waals surface area contributed by atoms with Crippen LogP contribution in [0, 0.1) is 0 Å². The van der Waals surface area contributed by atoms with Crippen LogP contribution in [-0.4, -0.2) is 53.9 Å². The van der Waals surface area contributed by atoms with Gasteiger partial charge in [-0.15, -0.1) is 0 Å². The van der Waals surface area contributed by atoms with Crippen LogP contribution in [0.3, 0.4) is 0 Å². The molecule has 0 saturated heterocycles. The Hall–Kier alpha value is -4.34. The van der Waals surface area contributed by atoms with Gasteiger partial charge >= 0.3 is 0 Å². The number of aromatic nitrogens is 2. The van der Waals surface area contributed by atoms with Gasteiger partial charge in [-0.1, -0.05) is 31.7 Å². The van der Waals surface area contributed by atoms with Crippen molar-refractivity contribution in [2.45, 2.75) is 19.9 Å². The van der Waals surface area contributed by atoms with Crippen LogP contribution in [0.5, 0.6) is 5.88 Å². The number of aliphatic imine (C=N–C) groups is 1. The van der Waals surface area contributed by atoms with Gasteiger partial charge in [0, 0.05) is 26.0 Å². The maximum absolute atomic E-state index is 12.0. The van der Waals surface area contributed by atoms with Crippen molar-refractivity contribution >= 4 is 29.6 Å². The lowest BCUT2D eigenvalue weighted by Gasteiger charge is -2.19. The fraction of sp³-hybridized carbons (Fsp3) is 0.280. The SMILES string of the molecule is C=CC(=O)Nc1cccc(CN(C=O)/C=C(/N/C(=C/CC)C(=NC)OC)c2ncc(OC)n2C)c1. The smallest absolute Gasteiger partial charge is 0.247 e. The normalized spacial score (nSPS) is 12.1. The highest BCUT2D eigenvalue weighted by atomic mass is 16.5. The molecule has 0 bridgehead atoms. The Bertz CT molecular complexity index is 1130. The van der Waals surface area contributed by atoms with Crippen molar-refractivity contribution in [3.8, 4) is 5.88 Å². The van der Waals surface area contributed by atoms with Crippen molar-refractivity contribution in [2.75, 3.05) is 26.6 Å². The Morgan fingerprint density at radius 3 is 2.69 bits per heavy atom. The van der Waals surface area contributed by atoms with E-state index in [9.17, 15) is 9.59 Å². The Morgan fingerprint density at radius 2 is 2.11 bits per heavy atom. The van der Waals surface area contributed by atoms with Gasteiger partial charge in [0.2, 0.25) is 24.1 Å². The van der Waals surface area contributed by atoms with Gasteiger partial charge in [0.15, 0.2) is 5.82 Å². The lowest BCUT2D eigenvalue weighted by Crippen LogP contribution is -2.25. The Labute approximate surface area is 205 Å². The lowest BCUT2D eigenvalue weighted by molar-refractivity contribution is -0.116. The number of methoxy groups -OCH3 is 2. The van der Waals surface area contributed by atoms with Crippen molar-refractivity contribution in [3.05, 3.63) is 72.5 Å². The number of amides is 2. The number of nitrogens with zero attached hydrogens (tertiary/aromatic N) is 4. The topological polar surface area (TPSA) is 110 Å². The highest BCUT2D eigenvalue weighted by Gasteiger charge is 2.17. The van der Waals surface area contributed by atoms with Gasteiger partial charge in [-0.3, -0.25) is 19.1 Å². The van der Waals surface area contributed by atoms with Gasteiger partial charge in [-0.25, -0.2) is 4.98 Å². The number of hydrogen-bond donors (Lipinski definition) is 2. The first kappa shape index (κ1) is 26.9. The minimum absolute atomic E-state index is 0.250. The average Bonchev–Trinajstić information content (AvgIpc) is 3.24. The summed E-state index contributed by atoms with van der Waals surface area (Å²) in [7, 11) is 6.54. The third-order valence-corrected chi connectivity index (χ3v) is 4.88. The van der Waals surface area contributed by atoms with Crippen LogP contribution in [0.4, 0.5) is 5.69 Å². The van der Waals surface area contributed by atoms with E-state index in [1.165, 1.54) is 18.1 Å². The number of anilines is 1. The van der Waals surface area contributed by atoms with E-state index in [4.69, 9.17) is 9.47 Å². The van der Waals surface area contributed by atoms with Gasteiger partial charge in [-0.05, 0) is 30.2 Å². The largest absolute Gasteiger partial charge is 0.481 e. The molecule has 10 nitrogen and oxygen atoms in total. The summed E-state index contributed by atoms with van der Waals surface area (Å²) in [5.41, 5.74) is 2.57. The summed E-state index contributed by atoms with van der Waals surface area (Å²) in [6.07, 6.45) is 7.80. The van der Waals surface area contributed by atoms with Crippen molar-refractivity contribution in [1.29, 1.82) is 0 Å². The number of ether oxygens (including phenoxy) is 2. The Morgan fingerprint density at radius 1 is 1.34 bits per heavy atom. The summed E-state index contributed by atoms with van der Waals surface area (Å²) in [4.78, 5) is 33.8. The first-order valence-corrected chi connectivity index (χ1v) is 10.9. The number of carbonyl (C=O) groups is 2. The number of carbonyl (C=O) groups excluding carboxylic acids is 2. The van der Waals surface area contributed by atoms with E-state index in [1.807, 2.05) is 26.1 Å². The van der Waals surface area contributed by atoms with Crippen molar-refractivity contribution < 1.29 is 19.1 Å². The van der Waals surface area contributed by atoms with Gasteiger partial charge in [-0.2, -0.15) is 0 Å². The van der Waals surface area contributed by atoms with E-state index in [-0.39, 0.29) is 12.5 Å². The molecular formula is C25H32N6O4. The summed E-state index contributed by atoms with van der Waals surface area (Å²) < 4.78 is 12.5. The molecule has 0 aliphatic carbocycles. The van der Waals surface area contributed by atoms with Gasteiger partial charge in [0.05, 0.1) is 38.4 Å². The molecule has 0 fully saturated rings. The van der Waals surface area contributed by atoms with E-state index in [2.05, 4.69) is 27.2 Å². The van der Waals surface area contributed by atoms with Crippen LogP contribution in [0.1, 0.15) is 24.7 Å². The van der Waals surface area contributed by atoms with E-state index >= 15 is 0 Å². The summed E-state index contributed by atoms with van der Waals surface area (Å²) in [6, 6.07) is 7.21. The molecule has 0 aliphatic rings. The minimum atomic E-state index is -0.314. The molecule has 2 amide bonds. The molecule has 1 heterocycles. The number of rotatable bonds is 12. The standard InChI is InChI=1S/C25H32N6O4/c1-7-10-20(25(26-3)35-6)29-21(24-27-14-23(34-5)30(24)4)16-31(17-32)15-18-11-9-12-19(13-18)28-22(33)8-2/h8-14,16-17,29H,2,7,15H2,1,3-6H3,(H,28,33)/b20-10+,21-16+,26-25?. The summed E-state index contributed by atoms with van der Waals surface area (Å²) in [5, 5.41) is 6.02. The Kier molecular flexibility index (Phi) is 10.3. The van der Waals surface area contributed by atoms with E-state index in [0.29, 0.717) is 41.1 Å². The number of benzene rings is 1. The first-order valence-electron chi connectivity index (χ1n) is 10.9. The zero-order valence-corrected chi connectivity index (χ0v) is 20.7. The first-order chi connectivity index (χ1) is 16.9. The Balaban J connectivity index is 2.47. The molecule has 35 heavy (non-hydrogen) atoms. The summed E-state index contributed by atoms with van der Waals surface area (Å²) >= 11 is 0. The van der Waals surface area contributed by atoms with Crippen molar-refractivity contribution in [1.82, 2.24) is 19.8 Å². The molecule has 0 aliphatic heterocycles. The van der Waals surface area contributed by atoms with E-state index in [1.54, 1.807) is 49.3 Å². The predicted molar refractivity (Wildman–Crippen MR) is 136 cm³/mol. The molecule has 0 radical (unpaired) electrons. The molecule has 10 heteroatoms. The molecule has 186 valence electrons. The third-order valence-electron chi connectivity index (χ3n) is 4.88. The second kappa shape index (κ2) is 13.4. The molecule has 2 N–H and O–H groups in total. The third kappa shape index (κ3) is 7.32. The quantitative estimate of drug-likeness (QED) is 0.209. The van der Waals surface area contributed by atoms with Crippen molar-refractivity contribution in [3.63, 3.8) is 0 Å². The van der Waals surface area contributed by atoms with Gasteiger partial charge in [0.1, 0.15) is 0 Å². The fourth-order valence-electron chi connectivity index (χ4n) is 3.27. The second-order valence-corrected chi connectivity index (χ2v) is 7.28. The second-order valence-electron chi connectivity index (χ2n) is 7.28. The van der Waals surface area contributed by atoms with Crippen LogP contribution in [-0.2, 0) is 27.9 Å². The van der Waals surface area contributed by atoms with Crippen LogP contribution >= 0.6 is 0 Å². The number of allylic oxidation sites excluding steroid dienone is 1. The lowest BCUT2D eigenvalue weighted by atomic mass is 10.2. The fourth-order valence-corrected chi connectivity index (χ4v) is 3.27. The molecule has 2 aromatic rings. The van der Waals surface area contributed by atoms with Crippen LogP contribution < -0.4 is 15.4 Å². The molecule has 2 rings (SSSR count). The number of imidazole rings is 1. The van der Waals surface area contributed by atoms with Gasteiger partial charge in [0.25, 0.3) is 0 Å². The molecule has 1 aromatic heterocycles. The number of nitrogens with one attached hydrogen (secondary N) is 2. The summed E-state index contributed by atoms with van der Waals surface area (Å²) in [6.45, 7) is 5.70. The molecule has 1 aromatic carbocycles. The van der Waals surface area contributed by atoms with Gasteiger partial charge < -0.3 is 25.0 Å². The number of hydrogen-bond acceptors (Lipinski definition) is 7. The maximum atomic E-state index is 12.0. The maximum Gasteiger partial charge on any atom is 0.247 e. The zero-order chi connectivity index (χ0) is 25.8. The summed E-state index contributed by atoms with van der Waals surface area (Å²) in [5.74, 6) is 1.18. The molecule has 0 spiro atoms. The van der Waals surface area contributed by atoms with Crippen LogP contribution in [0.25, 0.3) is 5.70 Å². The highest BCUT2D eigenvalue weighted by Crippen LogP contribution is 2.20. The molecular weight excluding hydrogens is 448 g/mol.